The van der Waals surface area contributed by atoms with Crippen LogP contribution in [0.25, 0.3) is 16.9 Å². The van der Waals surface area contributed by atoms with E-state index < -0.39 is 0 Å². The largest absolute Gasteiger partial charge is 0.496 e. The van der Waals surface area contributed by atoms with E-state index in [-0.39, 0.29) is 0 Å². The van der Waals surface area contributed by atoms with Gasteiger partial charge in [-0.15, -0.1) is 0 Å². The summed E-state index contributed by atoms with van der Waals surface area (Å²) in [6.45, 7) is 0.959. The molecule has 0 spiro atoms. The smallest absolute Gasteiger partial charge is 0.155 e. The lowest BCUT2D eigenvalue weighted by Gasteiger charge is -2.36. The molecule has 2 atom stereocenters. The molecule has 0 saturated carbocycles. The fourth-order valence-corrected chi connectivity index (χ4v) is 5.12. The highest BCUT2D eigenvalue weighted by molar-refractivity contribution is 5.70. The highest BCUT2D eigenvalue weighted by Gasteiger charge is 2.41. The van der Waals surface area contributed by atoms with Crippen molar-refractivity contribution < 1.29 is 4.74 Å². The molecule has 30 heavy (non-hydrogen) atoms. The van der Waals surface area contributed by atoms with Gasteiger partial charge in [0.15, 0.2) is 5.65 Å². The zero-order valence-corrected chi connectivity index (χ0v) is 16.9. The number of methoxy groups -OCH3 is 1. The molecule has 6 heteroatoms. The van der Waals surface area contributed by atoms with Gasteiger partial charge in [0.05, 0.1) is 18.5 Å². The number of nitrogens with zero attached hydrogens (tertiary/aromatic N) is 5. The van der Waals surface area contributed by atoms with Crippen LogP contribution in [0.1, 0.15) is 35.7 Å². The van der Waals surface area contributed by atoms with Gasteiger partial charge in [-0.3, -0.25) is 9.88 Å². The predicted molar refractivity (Wildman–Crippen MR) is 114 cm³/mol. The highest BCUT2D eigenvalue weighted by atomic mass is 16.5. The summed E-state index contributed by atoms with van der Waals surface area (Å²) in [6, 6.07) is 15.3. The molecule has 2 unspecified atom stereocenters. The van der Waals surface area contributed by atoms with Gasteiger partial charge in [0.25, 0.3) is 0 Å². The van der Waals surface area contributed by atoms with Crippen LogP contribution in [0.3, 0.4) is 0 Å². The zero-order chi connectivity index (χ0) is 20.1. The summed E-state index contributed by atoms with van der Waals surface area (Å²) in [6.07, 6.45) is 9.23. The van der Waals surface area contributed by atoms with Gasteiger partial charge in [-0.1, -0.05) is 12.1 Å². The Kier molecular flexibility index (Phi) is 4.06. The SMILES string of the molecule is COc1ccccc1-c1cc2ncc3c(n2n1)CC1CCC3N1Cc1ccncc1. The number of benzene rings is 1. The van der Waals surface area contributed by atoms with Crippen molar-refractivity contribution in [2.75, 3.05) is 7.11 Å². The molecule has 2 bridgehead atoms. The van der Waals surface area contributed by atoms with Crippen molar-refractivity contribution in [3.05, 3.63) is 77.9 Å². The van der Waals surface area contributed by atoms with Crippen molar-refractivity contribution in [2.24, 2.45) is 0 Å². The Bertz CT molecular complexity index is 1220. The molecule has 0 amide bonds. The lowest BCUT2D eigenvalue weighted by Crippen LogP contribution is -2.38. The first-order valence-corrected chi connectivity index (χ1v) is 10.5. The van der Waals surface area contributed by atoms with E-state index in [1.165, 1.54) is 29.7 Å². The van der Waals surface area contributed by atoms with Crippen LogP contribution in [0.2, 0.25) is 0 Å². The van der Waals surface area contributed by atoms with Gasteiger partial charge in [0, 0.05) is 60.8 Å². The average molecular weight is 397 g/mol. The van der Waals surface area contributed by atoms with Crippen LogP contribution >= 0.6 is 0 Å². The molecule has 150 valence electrons. The van der Waals surface area contributed by atoms with Crippen LogP contribution in [0.15, 0.2) is 61.1 Å². The third-order valence-corrected chi connectivity index (χ3v) is 6.54. The molecular formula is C24H23N5O. The Morgan fingerprint density at radius 2 is 1.97 bits per heavy atom. The molecule has 1 saturated heterocycles. The number of aromatic nitrogens is 4. The van der Waals surface area contributed by atoms with Gasteiger partial charge in [-0.05, 0) is 42.7 Å². The van der Waals surface area contributed by atoms with Crippen LogP contribution in [-0.4, -0.2) is 37.6 Å². The summed E-state index contributed by atoms with van der Waals surface area (Å²) < 4.78 is 7.60. The first-order valence-electron chi connectivity index (χ1n) is 10.5. The predicted octanol–water partition coefficient (Wildman–Crippen LogP) is 4.06. The Morgan fingerprint density at radius 3 is 2.83 bits per heavy atom. The summed E-state index contributed by atoms with van der Waals surface area (Å²) in [5.74, 6) is 0.832. The summed E-state index contributed by atoms with van der Waals surface area (Å²) in [7, 11) is 1.70. The summed E-state index contributed by atoms with van der Waals surface area (Å²) in [4.78, 5) is 11.6. The number of hydrogen-bond acceptors (Lipinski definition) is 5. The van der Waals surface area contributed by atoms with Gasteiger partial charge >= 0.3 is 0 Å². The molecule has 6 nitrogen and oxygen atoms in total. The van der Waals surface area contributed by atoms with Crippen molar-refractivity contribution in [1.82, 2.24) is 24.5 Å². The zero-order valence-electron chi connectivity index (χ0n) is 16.9. The van der Waals surface area contributed by atoms with Gasteiger partial charge < -0.3 is 4.74 Å². The highest BCUT2D eigenvalue weighted by Crippen LogP contribution is 2.44. The van der Waals surface area contributed by atoms with E-state index in [1.807, 2.05) is 36.7 Å². The van der Waals surface area contributed by atoms with Crippen molar-refractivity contribution in [3.63, 3.8) is 0 Å². The van der Waals surface area contributed by atoms with E-state index in [0.29, 0.717) is 12.1 Å². The molecule has 1 aromatic carbocycles. The maximum absolute atomic E-state index is 5.54. The third-order valence-electron chi connectivity index (χ3n) is 6.54. The van der Waals surface area contributed by atoms with Gasteiger partial charge in [0.1, 0.15) is 5.75 Å². The first-order chi connectivity index (χ1) is 14.8. The van der Waals surface area contributed by atoms with Crippen molar-refractivity contribution in [2.45, 2.75) is 37.9 Å². The van der Waals surface area contributed by atoms with E-state index in [2.05, 4.69) is 38.8 Å². The van der Waals surface area contributed by atoms with Crippen LogP contribution in [0.4, 0.5) is 0 Å². The van der Waals surface area contributed by atoms with Gasteiger partial charge in [0.2, 0.25) is 0 Å². The molecule has 3 aromatic heterocycles. The fraction of sp³-hybridized carbons (Fsp3) is 0.292. The van der Waals surface area contributed by atoms with Crippen LogP contribution in [0.5, 0.6) is 5.75 Å². The van der Waals surface area contributed by atoms with E-state index in [4.69, 9.17) is 14.8 Å². The maximum Gasteiger partial charge on any atom is 0.155 e. The average Bonchev–Trinajstić information content (AvgIpc) is 3.34. The number of para-hydroxylation sites is 1. The fourth-order valence-electron chi connectivity index (χ4n) is 5.12. The molecule has 0 aliphatic carbocycles. The minimum atomic E-state index is 0.405. The van der Waals surface area contributed by atoms with Crippen LogP contribution in [-0.2, 0) is 13.0 Å². The second-order valence-corrected chi connectivity index (χ2v) is 8.14. The topological polar surface area (TPSA) is 55.6 Å². The lowest BCUT2D eigenvalue weighted by atomic mass is 9.98. The van der Waals surface area contributed by atoms with Crippen molar-refractivity contribution in [3.8, 4) is 17.0 Å². The number of pyridine rings is 1. The van der Waals surface area contributed by atoms with Gasteiger partial charge in [-0.25, -0.2) is 9.50 Å². The first kappa shape index (κ1) is 17.6. The Balaban J connectivity index is 1.40. The van der Waals surface area contributed by atoms with Crippen molar-refractivity contribution >= 4 is 5.65 Å². The molecule has 5 heterocycles. The third kappa shape index (κ3) is 2.71. The minimum Gasteiger partial charge on any atom is -0.496 e. The minimum absolute atomic E-state index is 0.405. The monoisotopic (exact) mass is 397 g/mol. The Morgan fingerprint density at radius 1 is 1.10 bits per heavy atom. The molecule has 2 aliphatic rings. The molecule has 0 radical (unpaired) electrons. The molecule has 4 aromatic rings. The maximum atomic E-state index is 5.54. The molecule has 2 aliphatic heterocycles. The van der Waals surface area contributed by atoms with E-state index >= 15 is 0 Å². The van der Waals surface area contributed by atoms with E-state index in [9.17, 15) is 0 Å². The summed E-state index contributed by atoms with van der Waals surface area (Å²) in [5, 5.41) is 4.96. The van der Waals surface area contributed by atoms with Crippen LogP contribution in [0, 0.1) is 0 Å². The Hall–Kier alpha value is -3.25. The number of rotatable bonds is 4. The second kappa shape index (κ2) is 6.92. The summed E-state index contributed by atoms with van der Waals surface area (Å²) in [5.41, 5.74) is 6.74. The normalized spacial score (nSPS) is 20.4. The Labute approximate surface area is 175 Å². The number of fused-ring (bicyclic) bond motifs is 6. The molecule has 1 fully saturated rings. The molecular weight excluding hydrogens is 374 g/mol. The second-order valence-electron chi connectivity index (χ2n) is 8.14. The van der Waals surface area contributed by atoms with E-state index in [0.717, 1.165) is 35.6 Å². The van der Waals surface area contributed by atoms with Gasteiger partial charge in [-0.2, -0.15) is 5.10 Å². The van der Waals surface area contributed by atoms with Crippen LogP contribution < -0.4 is 4.74 Å². The standard InChI is InChI=1S/C24H23N5O/c1-30-23-5-3-2-4-18(23)20-13-24-26-14-19-21-7-6-17(12-22(19)29(24)27-20)28(21)15-16-8-10-25-11-9-16/h2-5,8-11,13-14,17,21H,6-7,12,15H2,1H3. The molecule has 6 rings (SSSR count). The quantitative estimate of drug-likeness (QED) is 0.520. The van der Waals surface area contributed by atoms with Crippen molar-refractivity contribution in [1.29, 1.82) is 0 Å². The molecule has 0 N–H and O–H groups in total. The number of ether oxygens (including phenoxy) is 1. The lowest BCUT2D eigenvalue weighted by molar-refractivity contribution is 0.165. The number of hydrogen-bond donors (Lipinski definition) is 0. The van der Waals surface area contributed by atoms with E-state index in [1.54, 1.807) is 7.11 Å². The summed E-state index contributed by atoms with van der Waals surface area (Å²) >= 11 is 0.